The average molecular weight is 651 g/mol. The van der Waals surface area contributed by atoms with Gasteiger partial charge in [0.05, 0.1) is 47.0 Å². The van der Waals surface area contributed by atoms with Gasteiger partial charge in [0.25, 0.3) is 0 Å². The minimum Gasteiger partial charge on any atom is -0.493 e. The number of carbonyl (C=O) groups excluding carboxylic acids is 3. The third-order valence-corrected chi connectivity index (χ3v) is 7.30. The predicted octanol–water partition coefficient (Wildman–Crippen LogP) is 5.38. The first-order valence-corrected chi connectivity index (χ1v) is 15.1. The third kappa shape index (κ3) is 8.99. The quantitative estimate of drug-likeness (QED) is 0.263. The van der Waals surface area contributed by atoms with Crippen LogP contribution in [0.15, 0.2) is 54.6 Å². The van der Waals surface area contributed by atoms with Crippen LogP contribution < -0.4 is 39.1 Å². The SMILES string of the molecule is COc1ccc(CC2COc3cc(OC)c(OC)c(OC)c3C2=O)cc1OC(=O)N[C@@H](CNC(=O)OC(C)(C)C)Cc1ccccc1. The number of fused-ring (bicyclic) bond motifs is 1. The maximum absolute atomic E-state index is 13.7. The number of ketones is 1. The summed E-state index contributed by atoms with van der Waals surface area (Å²) >= 11 is 0. The lowest BCUT2D eigenvalue weighted by atomic mass is 9.88. The van der Waals surface area contributed by atoms with Crippen LogP contribution >= 0.6 is 0 Å². The second-order valence-electron chi connectivity index (χ2n) is 11.9. The van der Waals surface area contributed by atoms with Gasteiger partial charge in [0, 0.05) is 12.6 Å². The molecule has 0 bridgehead atoms. The molecule has 0 aromatic heterocycles. The summed E-state index contributed by atoms with van der Waals surface area (Å²) in [7, 11) is 5.87. The van der Waals surface area contributed by atoms with E-state index in [4.69, 9.17) is 33.2 Å². The van der Waals surface area contributed by atoms with Gasteiger partial charge in [0.1, 0.15) is 16.9 Å². The molecule has 0 saturated heterocycles. The van der Waals surface area contributed by atoms with Crippen LogP contribution in [-0.2, 0) is 17.6 Å². The van der Waals surface area contributed by atoms with E-state index in [9.17, 15) is 14.4 Å². The van der Waals surface area contributed by atoms with E-state index in [1.54, 1.807) is 45.0 Å². The molecule has 0 saturated carbocycles. The molecule has 0 spiro atoms. The van der Waals surface area contributed by atoms with Crippen LogP contribution in [0.1, 0.15) is 42.3 Å². The normalized spacial score (nSPS) is 14.5. The second kappa shape index (κ2) is 15.4. The van der Waals surface area contributed by atoms with Crippen molar-refractivity contribution in [2.24, 2.45) is 5.92 Å². The number of rotatable bonds is 12. The van der Waals surface area contributed by atoms with E-state index < -0.39 is 29.7 Å². The number of hydrogen-bond acceptors (Lipinski definition) is 10. The molecule has 0 aliphatic carbocycles. The molecule has 1 aliphatic rings. The van der Waals surface area contributed by atoms with Crippen molar-refractivity contribution in [1.29, 1.82) is 0 Å². The second-order valence-corrected chi connectivity index (χ2v) is 11.9. The smallest absolute Gasteiger partial charge is 0.413 e. The summed E-state index contributed by atoms with van der Waals surface area (Å²) in [5.74, 6) is 1.02. The van der Waals surface area contributed by atoms with Gasteiger partial charge in [0.2, 0.25) is 5.75 Å². The molecule has 0 fully saturated rings. The van der Waals surface area contributed by atoms with Crippen molar-refractivity contribution in [1.82, 2.24) is 10.6 Å². The molecule has 47 heavy (non-hydrogen) atoms. The zero-order valence-corrected chi connectivity index (χ0v) is 27.8. The lowest BCUT2D eigenvalue weighted by Crippen LogP contribution is -2.46. The van der Waals surface area contributed by atoms with E-state index in [0.29, 0.717) is 35.0 Å². The summed E-state index contributed by atoms with van der Waals surface area (Å²) < 4.78 is 38.9. The standard InChI is InChI=1S/C35H42N2O10/c1-35(2,3)47-33(39)36-19-24(16-21-11-9-8-10-12-21)37-34(40)46-26-17-22(13-14-25(26)41-4)15-23-20-45-27-18-28(42-5)31(43-6)32(44-7)29(27)30(23)38/h8-14,17-18,23-24H,15-16,19-20H2,1-7H3,(H,36,39)(H,37,40)/t23?,24-/m1/s1. The Bertz CT molecular complexity index is 1570. The molecule has 1 aliphatic heterocycles. The van der Waals surface area contributed by atoms with E-state index in [0.717, 1.165) is 5.56 Å². The van der Waals surface area contributed by atoms with Gasteiger partial charge in [0.15, 0.2) is 28.8 Å². The number of Topliss-reactive ketones (excluding diaryl/α,β-unsaturated/α-hetero) is 1. The Labute approximate surface area is 274 Å². The Morgan fingerprint density at radius 2 is 1.55 bits per heavy atom. The van der Waals surface area contributed by atoms with Crippen molar-refractivity contribution in [2.75, 3.05) is 41.6 Å². The van der Waals surface area contributed by atoms with Crippen LogP contribution in [0.5, 0.6) is 34.5 Å². The number of carbonyl (C=O) groups is 3. The van der Waals surface area contributed by atoms with Gasteiger partial charge >= 0.3 is 12.2 Å². The molecule has 12 nitrogen and oxygen atoms in total. The van der Waals surface area contributed by atoms with Gasteiger partial charge in [-0.15, -0.1) is 0 Å². The van der Waals surface area contributed by atoms with Crippen molar-refractivity contribution in [3.8, 4) is 34.5 Å². The number of methoxy groups -OCH3 is 4. The van der Waals surface area contributed by atoms with Crippen LogP contribution in [-0.4, -0.2) is 71.2 Å². The summed E-state index contributed by atoms with van der Waals surface area (Å²) in [5.41, 5.74) is 1.27. The van der Waals surface area contributed by atoms with Gasteiger partial charge in [-0.25, -0.2) is 9.59 Å². The predicted molar refractivity (Wildman–Crippen MR) is 173 cm³/mol. The topological polar surface area (TPSA) is 140 Å². The summed E-state index contributed by atoms with van der Waals surface area (Å²) in [4.78, 5) is 39.2. The van der Waals surface area contributed by atoms with Gasteiger partial charge in [-0.3, -0.25) is 4.79 Å². The molecule has 2 amide bonds. The number of benzene rings is 3. The lowest BCUT2D eigenvalue weighted by molar-refractivity contribution is 0.0521. The van der Waals surface area contributed by atoms with E-state index >= 15 is 0 Å². The minimum atomic E-state index is -0.746. The highest BCUT2D eigenvalue weighted by Gasteiger charge is 2.35. The van der Waals surface area contributed by atoms with E-state index in [2.05, 4.69) is 10.6 Å². The van der Waals surface area contributed by atoms with Crippen LogP contribution in [0, 0.1) is 5.92 Å². The molecule has 3 aromatic rings. The molecule has 1 heterocycles. The molecule has 4 rings (SSSR count). The fourth-order valence-electron chi connectivity index (χ4n) is 5.20. The highest BCUT2D eigenvalue weighted by Crippen LogP contribution is 2.47. The van der Waals surface area contributed by atoms with Crippen molar-refractivity contribution >= 4 is 18.0 Å². The molecular weight excluding hydrogens is 608 g/mol. The third-order valence-electron chi connectivity index (χ3n) is 7.30. The van der Waals surface area contributed by atoms with Crippen molar-refractivity contribution in [2.45, 2.75) is 45.3 Å². The largest absolute Gasteiger partial charge is 0.493 e. The van der Waals surface area contributed by atoms with E-state index in [1.165, 1.54) is 28.4 Å². The number of hydrogen-bond donors (Lipinski definition) is 2. The average Bonchev–Trinajstić information content (AvgIpc) is 3.03. The van der Waals surface area contributed by atoms with Crippen molar-refractivity contribution < 1.29 is 47.5 Å². The van der Waals surface area contributed by atoms with Gasteiger partial charge in [-0.2, -0.15) is 0 Å². The maximum atomic E-state index is 13.7. The lowest BCUT2D eigenvalue weighted by Gasteiger charge is -2.27. The Balaban J connectivity index is 1.49. The van der Waals surface area contributed by atoms with Crippen LogP contribution in [0.4, 0.5) is 9.59 Å². The summed E-state index contributed by atoms with van der Waals surface area (Å²) in [6.07, 6.45) is -0.633. The number of alkyl carbamates (subject to hydrolysis) is 1. The summed E-state index contributed by atoms with van der Waals surface area (Å²) in [6.45, 7) is 5.53. The number of ether oxygens (including phenoxy) is 7. The Kier molecular flexibility index (Phi) is 11.4. The summed E-state index contributed by atoms with van der Waals surface area (Å²) in [5, 5.41) is 5.55. The van der Waals surface area contributed by atoms with Crippen LogP contribution in [0.25, 0.3) is 0 Å². The first-order chi connectivity index (χ1) is 22.5. The van der Waals surface area contributed by atoms with Crippen LogP contribution in [0.3, 0.4) is 0 Å². The first kappa shape index (κ1) is 34.7. The highest BCUT2D eigenvalue weighted by molar-refractivity contribution is 6.05. The van der Waals surface area contributed by atoms with Gasteiger partial charge in [-0.1, -0.05) is 36.4 Å². The fraction of sp³-hybridized carbons (Fsp3) is 0.400. The Hall–Kier alpha value is -5.13. The zero-order valence-electron chi connectivity index (χ0n) is 27.8. The fourth-order valence-corrected chi connectivity index (χ4v) is 5.20. The molecular formula is C35H42N2O10. The number of nitrogens with one attached hydrogen (secondary N) is 2. The number of amides is 2. The van der Waals surface area contributed by atoms with Crippen LogP contribution in [0.2, 0.25) is 0 Å². The molecule has 3 aromatic carbocycles. The minimum absolute atomic E-state index is 0.0987. The summed E-state index contributed by atoms with van der Waals surface area (Å²) in [6, 6.07) is 15.7. The molecule has 0 radical (unpaired) electrons. The van der Waals surface area contributed by atoms with Gasteiger partial charge in [-0.05, 0) is 56.9 Å². The Morgan fingerprint density at radius 1 is 0.851 bits per heavy atom. The maximum Gasteiger partial charge on any atom is 0.413 e. The van der Waals surface area contributed by atoms with Crippen molar-refractivity contribution in [3.05, 3.63) is 71.3 Å². The zero-order chi connectivity index (χ0) is 34.1. The molecule has 2 N–H and O–H groups in total. The van der Waals surface area contributed by atoms with E-state index in [1.807, 2.05) is 30.3 Å². The molecule has 12 heteroatoms. The molecule has 252 valence electrons. The Morgan fingerprint density at radius 3 is 2.19 bits per heavy atom. The molecule has 2 atom stereocenters. The van der Waals surface area contributed by atoms with Gasteiger partial charge < -0.3 is 43.8 Å². The highest BCUT2D eigenvalue weighted by atomic mass is 16.6. The monoisotopic (exact) mass is 650 g/mol. The van der Waals surface area contributed by atoms with Crippen molar-refractivity contribution in [3.63, 3.8) is 0 Å². The van der Waals surface area contributed by atoms with E-state index in [-0.39, 0.29) is 42.4 Å². The first-order valence-electron chi connectivity index (χ1n) is 15.1. The molecule has 1 unspecified atom stereocenters.